The minimum atomic E-state index is -3.71. The number of sulfonamides is 1. The summed E-state index contributed by atoms with van der Waals surface area (Å²) < 4.78 is 24.7. The van der Waals surface area contributed by atoms with Crippen LogP contribution in [0.5, 0.6) is 0 Å². The molecule has 0 unspecified atom stereocenters. The van der Waals surface area contributed by atoms with E-state index in [0.29, 0.717) is 0 Å². The molecule has 82 valence electrons. The van der Waals surface area contributed by atoms with Gasteiger partial charge in [0.15, 0.2) is 0 Å². The van der Waals surface area contributed by atoms with E-state index < -0.39 is 15.5 Å². The molecule has 0 radical (unpaired) electrons. The molecular formula is C9H12N2O3S. The maximum atomic E-state index is 11.8. The number of aromatic nitrogens is 1. The minimum Gasteiger partial charge on any atom is -0.366 e. The lowest BCUT2D eigenvalue weighted by molar-refractivity contribution is 0.498. The normalized spacial score (nSPS) is 11.6. The number of pyridine rings is 1. The Bertz CT molecular complexity index is 504. The van der Waals surface area contributed by atoms with Crippen LogP contribution in [0, 0.1) is 0 Å². The molecule has 6 heteroatoms. The van der Waals surface area contributed by atoms with Gasteiger partial charge in [-0.25, -0.2) is 8.42 Å². The molecule has 1 aromatic heterocycles. The van der Waals surface area contributed by atoms with E-state index in [9.17, 15) is 13.2 Å². The van der Waals surface area contributed by atoms with Crippen molar-refractivity contribution < 1.29 is 8.42 Å². The fraction of sp³-hybridized carbons (Fsp3) is 0.222. The molecule has 0 atom stereocenters. The van der Waals surface area contributed by atoms with Gasteiger partial charge < -0.3 is 4.98 Å². The molecule has 0 aromatic carbocycles. The molecule has 0 saturated carbocycles. The van der Waals surface area contributed by atoms with Crippen molar-refractivity contribution in [3.63, 3.8) is 0 Å². The van der Waals surface area contributed by atoms with Crippen LogP contribution in [0.15, 0.2) is 40.8 Å². The standard InChI is InChI=1S/C9H12N2O3S/c1-3-6-11(2)15(13,14)9-7-10-5-4-8(9)12/h3-5,7H,1,6H2,2H3,(H,10,12). The quantitative estimate of drug-likeness (QED) is 0.747. The molecule has 15 heavy (non-hydrogen) atoms. The average Bonchev–Trinajstić information content (AvgIpc) is 2.18. The van der Waals surface area contributed by atoms with Crippen LogP contribution in [0.2, 0.25) is 0 Å². The number of likely N-dealkylation sites (N-methyl/N-ethyl adjacent to an activating group) is 1. The molecule has 1 rings (SSSR count). The fourth-order valence-corrected chi connectivity index (χ4v) is 2.23. The van der Waals surface area contributed by atoms with Crippen LogP contribution in [0.25, 0.3) is 0 Å². The second kappa shape index (κ2) is 4.41. The van der Waals surface area contributed by atoms with E-state index in [1.165, 1.54) is 31.6 Å². The van der Waals surface area contributed by atoms with E-state index in [1.807, 2.05) is 0 Å². The van der Waals surface area contributed by atoms with Crippen LogP contribution < -0.4 is 5.43 Å². The monoisotopic (exact) mass is 228 g/mol. The average molecular weight is 228 g/mol. The molecule has 0 aliphatic carbocycles. The van der Waals surface area contributed by atoms with Gasteiger partial charge in [-0.2, -0.15) is 4.31 Å². The van der Waals surface area contributed by atoms with Crippen LogP contribution in [0.3, 0.4) is 0 Å². The van der Waals surface area contributed by atoms with E-state index in [-0.39, 0.29) is 11.4 Å². The topological polar surface area (TPSA) is 70.2 Å². The second-order valence-electron chi connectivity index (χ2n) is 2.95. The molecular weight excluding hydrogens is 216 g/mol. The molecule has 0 aliphatic rings. The summed E-state index contributed by atoms with van der Waals surface area (Å²) in [5, 5.41) is 0. The highest BCUT2D eigenvalue weighted by Crippen LogP contribution is 2.07. The first-order valence-electron chi connectivity index (χ1n) is 4.24. The van der Waals surface area contributed by atoms with Gasteiger partial charge in [0.2, 0.25) is 15.5 Å². The molecule has 5 nitrogen and oxygen atoms in total. The Hall–Kier alpha value is -1.40. The number of hydrogen-bond acceptors (Lipinski definition) is 3. The zero-order chi connectivity index (χ0) is 11.5. The number of hydrogen-bond donors (Lipinski definition) is 1. The van der Waals surface area contributed by atoms with E-state index in [1.54, 1.807) is 0 Å². The molecule has 0 spiro atoms. The lowest BCUT2D eigenvalue weighted by Gasteiger charge is -2.13. The molecule has 0 aliphatic heterocycles. The van der Waals surface area contributed by atoms with Crippen LogP contribution >= 0.6 is 0 Å². The lowest BCUT2D eigenvalue weighted by atomic mass is 10.5. The van der Waals surface area contributed by atoms with E-state index in [0.717, 1.165) is 4.31 Å². The zero-order valence-electron chi connectivity index (χ0n) is 8.30. The summed E-state index contributed by atoms with van der Waals surface area (Å²) in [6.45, 7) is 3.60. The van der Waals surface area contributed by atoms with E-state index >= 15 is 0 Å². The number of aromatic amines is 1. The predicted octanol–water partition coefficient (Wildman–Crippen LogP) is 0.181. The molecule has 1 heterocycles. The third-order valence-electron chi connectivity index (χ3n) is 1.86. The largest absolute Gasteiger partial charge is 0.366 e. The van der Waals surface area contributed by atoms with Gasteiger partial charge in [-0.1, -0.05) is 6.08 Å². The zero-order valence-corrected chi connectivity index (χ0v) is 9.12. The smallest absolute Gasteiger partial charge is 0.248 e. The summed E-state index contributed by atoms with van der Waals surface area (Å²) in [5.74, 6) is 0. The Kier molecular flexibility index (Phi) is 3.43. The van der Waals surface area contributed by atoms with Crippen molar-refractivity contribution in [2.24, 2.45) is 0 Å². The van der Waals surface area contributed by atoms with Crippen LogP contribution in [-0.4, -0.2) is 31.3 Å². The summed E-state index contributed by atoms with van der Waals surface area (Å²) in [4.78, 5) is 13.6. The summed E-state index contributed by atoms with van der Waals surface area (Å²) in [5.41, 5.74) is -0.523. The van der Waals surface area contributed by atoms with Crippen molar-refractivity contribution in [1.82, 2.24) is 9.29 Å². The Labute approximate surface area is 88.1 Å². The van der Waals surface area contributed by atoms with Crippen LogP contribution in [0.1, 0.15) is 0 Å². The van der Waals surface area contributed by atoms with Crippen molar-refractivity contribution in [1.29, 1.82) is 0 Å². The Balaban J connectivity index is 3.23. The Morgan fingerprint density at radius 2 is 2.27 bits per heavy atom. The molecule has 0 saturated heterocycles. The number of nitrogens with one attached hydrogen (secondary N) is 1. The van der Waals surface area contributed by atoms with Crippen molar-refractivity contribution in [3.05, 3.63) is 41.3 Å². The first kappa shape index (κ1) is 11.7. The van der Waals surface area contributed by atoms with Gasteiger partial charge in [-0.05, 0) is 0 Å². The third kappa shape index (κ3) is 2.34. The highest BCUT2D eigenvalue weighted by molar-refractivity contribution is 7.89. The maximum absolute atomic E-state index is 11.8. The summed E-state index contributed by atoms with van der Waals surface area (Å²) in [6.07, 6.45) is 4.01. The van der Waals surface area contributed by atoms with Gasteiger partial charge in [0.25, 0.3) is 0 Å². The first-order chi connectivity index (χ1) is 7.00. The van der Waals surface area contributed by atoms with Crippen molar-refractivity contribution in [3.8, 4) is 0 Å². The second-order valence-corrected chi connectivity index (χ2v) is 4.96. The van der Waals surface area contributed by atoms with Gasteiger partial charge in [-0.3, -0.25) is 4.79 Å². The van der Waals surface area contributed by atoms with Gasteiger partial charge in [0, 0.05) is 32.1 Å². The molecule has 0 amide bonds. The highest BCUT2D eigenvalue weighted by atomic mass is 32.2. The van der Waals surface area contributed by atoms with Crippen molar-refractivity contribution in [2.45, 2.75) is 4.90 Å². The fourth-order valence-electron chi connectivity index (χ4n) is 1.05. The van der Waals surface area contributed by atoms with E-state index in [2.05, 4.69) is 11.6 Å². The lowest BCUT2D eigenvalue weighted by Crippen LogP contribution is -2.30. The Morgan fingerprint density at radius 1 is 1.60 bits per heavy atom. The molecule has 1 N–H and O–H groups in total. The maximum Gasteiger partial charge on any atom is 0.248 e. The SMILES string of the molecule is C=CCN(C)S(=O)(=O)c1c[nH]ccc1=O. The summed E-state index contributed by atoms with van der Waals surface area (Å²) >= 11 is 0. The van der Waals surface area contributed by atoms with E-state index in [4.69, 9.17) is 0 Å². The van der Waals surface area contributed by atoms with Crippen LogP contribution in [0.4, 0.5) is 0 Å². The third-order valence-corrected chi connectivity index (χ3v) is 3.71. The van der Waals surface area contributed by atoms with Gasteiger partial charge in [0.1, 0.15) is 4.90 Å². The molecule has 0 bridgehead atoms. The predicted molar refractivity (Wildman–Crippen MR) is 57.1 cm³/mol. The molecule has 0 fully saturated rings. The number of H-pyrrole nitrogens is 1. The first-order valence-corrected chi connectivity index (χ1v) is 5.68. The summed E-state index contributed by atoms with van der Waals surface area (Å²) in [7, 11) is -2.32. The summed E-state index contributed by atoms with van der Waals surface area (Å²) in [6, 6.07) is 1.18. The van der Waals surface area contributed by atoms with Gasteiger partial charge >= 0.3 is 0 Å². The number of rotatable bonds is 4. The van der Waals surface area contributed by atoms with Gasteiger partial charge in [0.05, 0.1) is 0 Å². The Morgan fingerprint density at radius 3 is 2.80 bits per heavy atom. The van der Waals surface area contributed by atoms with Gasteiger partial charge in [-0.15, -0.1) is 6.58 Å². The number of nitrogens with zero attached hydrogens (tertiary/aromatic N) is 1. The van der Waals surface area contributed by atoms with Crippen LogP contribution in [-0.2, 0) is 10.0 Å². The van der Waals surface area contributed by atoms with Crippen molar-refractivity contribution >= 4 is 10.0 Å². The minimum absolute atomic E-state index is 0.163. The van der Waals surface area contributed by atoms with Crippen molar-refractivity contribution in [2.75, 3.05) is 13.6 Å². The molecule has 1 aromatic rings. The highest BCUT2D eigenvalue weighted by Gasteiger charge is 2.22.